The van der Waals surface area contributed by atoms with Gasteiger partial charge in [-0.2, -0.15) is 4.98 Å². The summed E-state index contributed by atoms with van der Waals surface area (Å²) in [5, 5.41) is 7.92. The maximum Gasteiger partial charge on any atom is 0.329 e. The molecular formula is C45H69N11O4S. The van der Waals surface area contributed by atoms with Gasteiger partial charge in [-0.25, -0.2) is 18.4 Å². The zero-order valence-electron chi connectivity index (χ0n) is 37.6. The van der Waals surface area contributed by atoms with E-state index >= 15 is 0 Å². The van der Waals surface area contributed by atoms with E-state index in [1.807, 2.05) is 18.3 Å². The fourth-order valence-corrected chi connectivity index (χ4v) is 12.2. The van der Waals surface area contributed by atoms with Gasteiger partial charge in [-0.05, 0) is 90.5 Å². The molecule has 2 N–H and O–H groups in total. The molecule has 1 spiro atoms. The third-order valence-corrected chi connectivity index (χ3v) is 16.4. The summed E-state index contributed by atoms with van der Waals surface area (Å²) in [6.45, 7) is 13.0. The Morgan fingerprint density at radius 1 is 1.10 bits per heavy atom. The first-order valence-electron chi connectivity index (χ1n) is 23.1. The second kappa shape index (κ2) is 17.8. The number of imidazole rings is 1. The van der Waals surface area contributed by atoms with Crippen LogP contribution in [0.3, 0.4) is 0 Å². The lowest BCUT2D eigenvalue weighted by molar-refractivity contribution is -0.121. The van der Waals surface area contributed by atoms with Crippen molar-refractivity contribution < 1.29 is 14.4 Å². The second-order valence-electron chi connectivity index (χ2n) is 19.3. The minimum absolute atomic E-state index is 0.145. The zero-order chi connectivity index (χ0) is 43.2. The number of hydrogen-bond donors (Lipinski definition) is 2. The first kappa shape index (κ1) is 43.9. The van der Waals surface area contributed by atoms with Crippen molar-refractivity contribution in [2.75, 3.05) is 70.6 Å². The molecule has 4 fully saturated rings. The van der Waals surface area contributed by atoms with E-state index in [0.717, 1.165) is 131 Å². The van der Waals surface area contributed by atoms with Crippen molar-refractivity contribution in [3.05, 3.63) is 32.9 Å². The minimum Gasteiger partial charge on any atom is -0.376 e. The lowest BCUT2D eigenvalue weighted by Gasteiger charge is -2.52. The second-order valence-corrected chi connectivity index (χ2v) is 20.5. The predicted molar refractivity (Wildman–Crippen MR) is 241 cm³/mol. The normalized spacial score (nSPS) is 24.3. The molecule has 16 heteroatoms. The summed E-state index contributed by atoms with van der Waals surface area (Å²) in [4.78, 5) is 67.9. The molecule has 0 bridgehead atoms. The summed E-state index contributed by atoms with van der Waals surface area (Å²) in [5.74, 6) is 2.16. The standard InChI is InChI=1S/C45H69N11O4S/c1-8-44(27-51(6)31(3)17-22-50(5)36-13-10-14-37-39(36)52(7)43(60)55(37)33(26-57)15-16-38(58)46-4)28-54(29-44)61-53-23-18-32(19-24-53)48-42-47-25-34-40(49-42)56(35-12-9-11-30(35)2)41(59)45(34)20-21-45/h14,25-26,30-33,35H,8-13,15-24,27-29H2,1-7H3,(H,46,58)(H,47,48,49). The highest BCUT2D eigenvalue weighted by atomic mass is 32.2. The lowest BCUT2D eigenvalue weighted by Crippen LogP contribution is -2.59. The Labute approximate surface area is 365 Å². The van der Waals surface area contributed by atoms with Crippen LogP contribution in [0.25, 0.3) is 11.8 Å². The van der Waals surface area contributed by atoms with Crippen molar-refractivity contribution in [3.8, 4) is 0 Å². The van der Waals surface area contributed by atoms with Crippen molar-refractivity contribution >= 4 is 53.8 Å². The molecule has 2 saturated heterocycles. The van der Waals surface area contributed by atoms with Gasteiger partial charge in [0.25, 0.3) is 0 Å². The Morgan fingerprint density at radius 3 is 2.51 bits per heavy atom. The summed E-state index contributed by atoms with van der Waals surface area (Å²) in [5.41, 5.74) is 1.88. The topological polar surface area (TPSA) is 144 Å². The highest BCUT2D eigenvalue weighted by Gasteiger charge is 2.62. The number of carbonyl (C=O) groups excluding carboxylic acids is 3. The van der Waals surface area contributed by atoms with Crippen LogP contribution in [0.4, 0.5) is 11.8 Å². The summed E-state index contributed by atoms with van der Waals surface area (Å²) in [6, 6.07) is 0.264. The van der Waals surface area contributed by atoms with Gasteiger partial charge < -0.3 is 25.2 Å². The molecule has 334 valence electrons. The first-order valence-corrected chi connectivity index (χ1v) is 23.8. The largest absolute Gasteiger partial charge is 0.376 e. The molecule has 3 aliphatic heterocycles. The van der Waals surface area contributed by atoms with Gasteiger partial charge in [0.05, 0.1) is 22.2 Å². The van der Waals surface area contributed by atoms with Crippen LogP contribution in [-0.4, -0.2) is 134 Å². The van der Waals surface area contributed by atoms with Crippen LogP contribution >= 0.6 is 12.1 Å². The van der Waals surface area contributed by atoms with Crippen LogP contribution < -0.4 is 31.9 Å². The number of anilines is 2. The number of nitrogens with one attached hydrogen (secondary N) is 2. The van der Waals surface area contributed by atoms with Crippen molar-refractivity contribution in [1.82, 2.24) is 42.8 Å². The van der Waals surface area contributed by atoms with Gasteiger partial charge >= 0.3 is 5.69 Å². The molecule has 61 heavy (non-hydrogen) atoms. The van der Waals surface area contributed by atoms with E-state index in [1.165, 1.54) is 12.8 Å². The molecule has 15 nitrogen and oxygen atoms in total. The van der Waals surface area contributed by atoms with Gasteiger partial charge in [-0.15, -0.1) is 0 Å². The van der Waals surface area contributed by atoms with E-state index in [-0.39, 0.29) is 47.2 Å². The van der Waals surface area contributed by atoms with E-state index in [1.54, 1.807) is 23.2 Å². The SMILES string of the molecule is CCC1(CN(C)C(C)CCN(C)C2=c3c(n(C(C=O)CCC(=O)NC)c(=O)n3C)=CCC2)CN(SN2CCC(Nc3ncc4c(n3)N(C3CCCC3C)C(=O)C43CC3)CC2)C1. The van der Waals surface area contributed by atoms with Crippen molar-refractivity contribution in [1.29, 1.82) is 0 Å². The molecule has 2 aromatic rings. The summed E-state index contributed by atoms with van der Waals surface area (Å²) >= 11 is 1.91. The predicted octanol–water partition coefficient (Wildman–Crippen LogP) is 2.99. The summed E-state index contributed by atoms with van der Waals surface area (Å²) in [6.07, 6.45) is 16.4. The van der Waals surface area contributed by atoms with E-state index < -0.39 is 6.04 Å². The number of aromatic nitrogens is 4. The smallest absolute Gasteiger partial charge is 0.329 e. The van der Waals surface area contributed by atoms with E-state index in [0.29, 0.717) is 23.9 Å². The fraction of sp³-hybridized carbons (Fsp3) is 0.733. The Balaban J connectivity index is 0.802. The van der Waals surface area contributed by atoms with E-state index in [2.05, 4.69) is 74.9 Å². The molecule has 8 rings (SSSR count). The Kier molecular flexibility index (Phi) is 12.8. The van der Waals surface area contributed by atoms with Gasteiger partial charge in [-0.3, -0.25) is 23.6 Å². The molecule has 4 atom stereocenters. The average Bonchev–Trinajstić information content (AvgIpc) is 3.82. The molecule has 0 radical (unpaired) electrons. The van der Waals surface area contributed by atoms with Gasteiger partial charge in [0.15, 0.2) is 0 Å². The third-order valence-electron chi connectivity index (χ3n) is 15.3. The molecule has 4 unspecified atom stereocenters. The van der Waals surface area contributed by atoms with Crippen LogP contribution in [0.1, 0.15) is 116 Å². The van der Waals surface area contributed by atoms with Crippen LogP contribution in [0.5, 0.6) is 0 Å². The Hall–Kier alpha value is -3.73. The number of piperidine rings is 1. The number of aldehydes is 1. The molecule has 2 amide bonds. The Bertz CT molecular complexity index is 2150. The maximum absolute atomic E-state index is 13.7. The van der Waals surface area contributed by atoms with Crippen LogP contribution in [0, 0.1) is 11.3 Å². The number of hydrogen-bond acceptors (Lipinski definition) is 12. The molecule has 6 aliphatic rings. The third kappa shape index (κ3) is 8.42. The number of fused-ring (bicyclic) bond motifs is 3. The Morgan fingerprint density at radius 2 is 1.85 bits per heavy atom. The number of carbonyl (C=O) groups is 3. The van der Waals surface area contributed by atoms with Gasteiger partial charge in [0.1, 0.15) is 12.1 Å². The van der Waals surface area contributed by atoms with E-state index in [9.17, 15) is 19.2 Å². The highest BCUT2D eigenvalue weighted by molar-refractivity contribution is 7.94. The zero-order valence-corrected chi connectivity index (χ0v) is 38.4. The minimum atomic E-state index is -0.686. The maximum atomic E-state index is 13.7. The summed E-state index contributed by atoms with van der Waals surface area (Å²) in [7, 11) is 7.74. The monoisotopic (exact) mass is 860 g/mol. The average molecular weight is 860 g/mol. The van der Waals surface area contributed by atoms with Crippen LogP contribution in [0.2, 0.25) is 0 Å². The lowest BCUT2D eigenvalue weighted by atomic mass is 9.78. The molecule has 5 heterocycles. The van der Waals surface area contributed by atoms with Crippen molar-refractivity contribution in [2.24, 2.45) is 18.4 Å². The van der Waals surface area contributed by atoms with E-state index in [4.69, 9.17) is 9.97 Å². The number of nitrogens with zero attached hydrogens (tertiary/aromatic N) is 9. The first-order chi connectivity index (χ1) is 29.3. The number of amides is 2. The molecule has 3 aliphatic carbocycles. The molecular weight excluding hydrogens is 791 g/mol. The molecule has 2 aromatic heterocycles. The summed E-state index contributed by atoms with van der Waals surface area (Å²) < 4.78 is 8.31. The molecule has 0 aromatic carbocycles. The number of rotatable bonds is 18. The van der Waals surface area contributed by atoms with Gasteiger partial charge in [0, 0.05) is 120 Å². The van der Waals surface area contributed by atoms with Crippen molar-refractivity contribution in [3.63, 3.8) is 0 Å². The fourth-order valence-electron chi connectivity index (χ4n) is 10.9. The van der Waals surface area contributed by atoms with Crippen molar-refractivity contribution in [2.45, 2.75) is 134 Å². The van der Waals surface area contributed by atoms with Crippen LogP contribution in [-0.2, 0) is 26.8 Å². The quantitative estimate of drug-likeness (QED) is 0.168. The molecule has 2 saturated carbocycles. The highest BCUT2D eigenvalue weighted by Crippen LogP contribution is 2.58. The van der Waals surface area contributed by atoms with Gasteiger partial charge in [-0.1, -0.05) is 26.3 Å². The van der Waals surface area contributed by atoms with Crippen LogP contribution in [0.15, 0.2) is 11.0 Å². The van der Waals surface area contributed by atoms with Gasteiger partial charge in [0.2, 0.25) is 17.8 Å².